The minimum absolute atomic E-state index is 0.0300. The highest BCUT2D eigenvalue weighted by molar-refractivity contribution is 5.97. The molecule has 30 heavy (non-hydrogen) atoms. The summed E-state index contributed by atoms with van der Waals surface area (Å²) in [5, 5.41) is 0. The van der Waals surface area contributed by atoms with Crippen LogP contribution in [0.4, 0.5) is 5.82 Å². The minimum Gasteiger partial charge on any atom is -0.481 e. The van der Waals surface area contributed by atoms with Gasteiger partial charge >= 0.3 is 0 Å². The summed E-state index contributed by atoms with van der Waals surface area (Å²) in [6.45, 7) is 4.42. The maximum Gasteiger partial charge on any atom is 0.257 e. The van der Waals surface area contributed by atoms with E-state index in [1.807, 2.05) is 72.5 Å². The average Bonchev–Trinajstić information content (AvgIpc) is 2.79. The zero-order valence-electron chi connectivity index (χ0n) is 17.1. The number of anilines is 1. The number of aryl methyl sites for hydroxylation is 1. The van der Waals surface area contributed by atoms with Crippen LogP contribution in [-0.4, -0.2) is 54.1 Å². The van der Waals surface area contributed by atoms with Crippen molar-refractivity contribution in [1.82, 2.24) is 14.9 Å². The number of hydrogen-bond acceptors (Lipinski definition) is 6. The molecule has 154 valence electrons. The Morgan fingerprint density at radius 3 is 2.37 bits per heavy atom. The molecule has 7 nitrogen and oxygen atoms in total. The molecule has 2 aromatic carbocycles. The second-order valence-corrected chi connectivity index (χ2v) is 7.01. The van der Waals surface area contributed by atoms with E-state index in [1.165, 1.54) is 0 Å². The van der Waals surface area contributed by atoms with Gasteiger partial charge in [-0.15, -0.1) is 0 Å². The first kappa shape index (κ1) is 19.7. The molecular weight excluding hydrogens is 380 g/mol. The molecule has 0 unspecified atom stereocenters. The van der Waals surface area contributed by atoms with Crippen LogP contribution in [-0.2, 0) is 0 Å². The molecule has 1 aliphatic rings. The Labute approximate surface area is 175 Å². The van der Waals surface area contributed by atoms with Crippen molar-refractivity contribution >= 4 is 11.7 Å². The molecular formula is C23H24N4O3. The van der Waals surface area contributed by atoms with Crippen LogP contribution in [0.2, 0.25) is 0 Å². The monoisotopic (exact) mass is 404 g/mol. The predicted molar refractivity (Wildman–Crippen MR) is 114 cm³/mol. The van der Waals surface area contributed by atoms with E-state index in [0.717, 1.165) is 5.82 Å². The van der Waals surface area contributed by atoms with Gasteiger partial charge < -0.3 is 19.3 Å². The van der Waals surface area contributed by atoms with Gasteiger partial charge in [0.15, 0.2) is 0 Å². The van der Waals surface area contributed by atoms with Crippen LogP contribution in [0.1, 0.15) is 16.2 Å². The molecule has 0 radical (unpaired) electrons. The smallest absolute Gasteiger partial charge is 0.257 e. The van der Waals surface area contributed by atoms with E-state index in [1.54, 1.807) is 7.11 Å². The number of hydrogen-bond donors (Lipinski definition) is 0. The van der Waals surface area contributed by atoms with Gasteiger partial charge in [-0.3, -0.25) is 4.79 Å². The summed E-state index contributed by atoms with van der Waals surface area (Å²) >= 11 is 0. The molecule has 0 aliphatic carbocycles. The minimum atomic E-state index is -0.0300. The molecule has 7 heteroatoms. The van der Waals surface area contributed by atoms with Crippen LogP contribution in [0.5, 0.6) is 17.4 Å². The van der Waals surface area contributed by atoms with Gasteiger partial charge in [0.2, 0.25) is 5.88 Å². The molecule has 0 N–H and O–H groups in total. The Balaban J connectivity index is 1.46. The Kier molecular flexibility index (Phi) is 5.79. The van der Waals surface area contributed by atoms with Crippen LogP contribution >= 0.6 is 0 Å². The standard InChI is InChI=1S/C23H24N4O3/c1-17-24-21(16-22(25-17)29-2)26-12-14-27(15-13-26)23(28)19-10-6-7-11-20(19)30-18-8-4-3-5-9-18/h3-11,16H,12-15H2,1-2H3. The van der Waals surface area contributed by atoms with Crippen LogP contribution in [0.3, 0.4) is 0 Å². The number of aromatic nitrogens is 2. The van der Waals surface area contributed by atoms with Crippen molar-refractivity contribution in [1.29, 1.82) is 0 Å². The molecule has 0 saturated carbocycles. The number of para-hydroxylation sites is 2. The number of rotatable bonds is 5. The van der Waals surface area contributed by atoms with Gasteiger partial charge in [-0.05, 0) is 31.2 Å². The van der Waals surface area contributed by atoms with Gasteiger partial charge in [0.25, 0.3) is 5.91 Å². The van der Waals surface area contributed by atoms with Crippen LogP contribution in [0, 0.1) is 6.92 Å². The fourth-order valence-electron chi connectivity index (χ4n) is 3.45. The number of amides is 1. The predicted octanol–water partition coefficient (Wildman–Crippen LogP) is 3.55. The molecule has 0 atom stereocenters. The van der Waals surface area contributed by atoms with E-state index in [9.17, 15) is 4.79 Å². The second-order valence-electron chi connectivity index (χ2n) is 7.01. The third-order valence-electron chi connectivity index (χ3n) is 4.99. The van der Waals surface area contributed by atoms with Crippen molar-refractivity contribution in [3.8, 4) is 17.4 Å². The lowest BCUT2D eigenvalue weighted by molar-refractivity contribution is 0.0744. The van der Waals surface area contributed by atoms with Crippen LogP contribution < -0.4 is 14.4 Å². The summed E-state index contributed by atoms with van der Waals surface area (Å²) in [7, 11) is 1.59. The fourth-order valence-corrected chi connectivity index (χ4v) is 3.45. The molecule has 1 fully saturated rings. The van der Waals surface area contributed by atoms with Crippen molar-refractivity contribution < 1.29 is 14.3 Å². The summed E-state index contributed by atoms with van der Waals surface area (Å²) in [6.07, 6.45) is 0. The number of ether oxygens (including phenoxy) is 2. The summed E-state index contributed by atoms with van der Waals surface area (Å²) < 4.78 is 11.2. The van der Waals surface area contributed by atoms with E-state index in [2.05, 4.69) is 14.9 Å². The number of benzene rings is 2. The normalized spacial score (nSPS) is 13.8. The Morgan fingerprint density at radius 1 is 0.933 bits per heavy atom. The molecule has 1 amide bonds. The Hall–Kier alpha value is -3.61. The number of carbonyl (C=O) groups excluding carboxylic acids is 1. The SMILES string of the molecule is COc1cc(N2CCN(C(=O)c3ccccc3Oc3ccccc3)CC2)nc(C)n1. The van der Waals surface area contributed by atoms with Crippen molar-refractivity contribution in [2.45, 2.75) is 6.92 Å². The fraction of sp³-hybridized carbons (Fsp3) is 0.261. The molecule has 1 saturated heterocycles. The molecule has 3 aromatic rings. The highest BCUT2D eigenvalue weighted by Gasteiger charge is 2.25. The van der Waals surface area contributed by atoms with Gasteiger partial charge in [0, 0.05) is 32.2 Å². The first-order valence-corrected chi connectivity index (χ1v) is 9.90. The zero-order chi connectivity index (χ0) is 20.9. The average molecular weight is 404 g/mol. The van der Waals surface area contributed by atoms with Crippen molar-refractivity contribution in [2.75, 3.05) is 38.2 Å². The van der Waals surface area contributed by atoms with Crippen molar-refractivity contribution in [2.24, 2.45) is 0 Å². The third-order valence-corrected chi connectivity index (χ3v) is 4.99. The zero-order valence-corrected chi connectivity index (χ0v) is 17.1. The molecule has 2 heterocycles. The largest absolute Gasteiger partial charge is 0.481 e. The Morgan fingerprint density at radius 2 is 1.63 bits per heavy atom. The van der Waals surface area contributed by atoms with Crippen molar-refractivity contribution in [3.63, 3.8) is 0 Å². The second kappa shape index (κ2) is 8.82. The van der Waals surface area contributed by atoms with Gasteiger partial charge in [-0.25, -0.2) is 4.98 Å². The van der Waals surface area contributed by atoms with E-state index >= 15 is 0 Å². The quantitative estimate of drug-likeness (QED) is 0.648. The first-order valence-electron chi connectivity index (χ1n) is 9.90. The lowest BCUT2D eigenvalue weighted by atomic mass is 10.1. The number of piperazine rings is 1. The summed E-state index contributed by atoms with van der Waals surface area (Å²) in [5.41, 5.74) is 0.564. The lowest BCUT2D eigenvalue weighted by Crippen LogP contribution is -2.49. The van der Waals surface area contributed by atoms with Gasteiger partial charge in [0.05, 0.1) is 12.7 Å². The summed E-state index contributed by atoms with van der Waals surface area (Å²) in [4.78, 5) is 25.9. The molecule has 1 aromatic heterocycles. The maximum atomic E-state index is 13.2. The maximum absolute atomic E-state index is 13.2. The van der Waals surface area contributed by atoms with E-state index in [0.29, 0.717) is 54.9 Å². The number of nitrogens with zero attached hydrogens (tertiary/aromatic N) is 4. The van der Waals surface area contributed by atoms with Gasteiger partial charge in [0.1, 0.15) is 23.1 Å². The highest BCUT2D eigenvalue weighted by atomic mass is 16.5. The van der Waals surface area contributed by atoms with E-state index < -0.39 is 0 Å². The van der Waals surface area contributed by atoms with E-state index in [-0.39, 0.29) is 5.91 Å². The molecule has 4 rings (SSSR count). The number of methoxy groups -OCH3 is 1. The number of carbonyl (C=O) groups is 1. The Bertz CT molecular complexity index is 1020. The van der Waals surface area contributed by atoms with Gasteiger partial charge in [-0.2, -0.15) is 4.98 Å². The molecule has 1 aliphatic heterocycles. The molecule has 0 spiro atoms. The third kappa shape index (κ3) is 4.35. The van der Waals surface area contributed by atoms with Crippen LogP contribution in [0.25, 0.3) is 0 Å². The lowest BCUT2D eigenvalue weighted by Gasteiger charge is -2.35. The van der Waals surface area contributed by atoms with Crippen molar-refractivity contribution in [3.05, 3.63) is 72.1 Å². The topological polar surface area (TPSA) is 67.8 Å². The van der Waals surface area contributed by atoms with Gasteiger partial charge in [-0.1, -0.05) is 30.3 Å². The van der Waals surface area contributed by atoms with E-state index in [4.69, 9.17) is 9.47 Å². The first-order chi connectivity index (χ1) is 14.6. The summed E-state index contributed by atoms with van der Waals surface area (Å²) in [6, 6.07) is 18.7. The van der Waals surface area contributed by atoms with Crippen LogP contribution in [0.15, 0.2) is 60.7 Å². The highest BCUT2D eigenvalue weighted by Crippen LogP contribution is 2.27. The molecule has 0 bridgehead atoms. The summed E-state index contributed by atoms with van der Waals surface area (Å²) in [5.74, 6) is 3.26.